The van der Waals surface area contributed by atoms with Gasteiger partial charge >= 0.3 is 0 Å². The van der Waals surface area contributed by atoms with Gasteiger partial charge in [-0.1, -0.05) is 44.2 Å². The molecular formula is C22H28ClNO3S. The third kappa shape index (κ3) is 6.21. The summed E-state index contributed by atoms with van der Waals surface area (Å²) in [7, 11) is 1.31. The van der Waals surface area contributed by atoms with Crippen LogP contribution in [-0.2, 0) is 14.3 Å². The Morgan fingerprint density at radius 3 is 2.25 bits per heavy atom. The zero-order chi connectivity index (χ0) is 21.3. The lowest BCUT2D eigenvalue weighted by atomic mass is 9.97. The Bertz CT molecular complexity index is 808. The molecule has 6 heteroatoms. The number of hydrogen-bond acceptors (Lipinski definition) is 4. The molecule has 0 aliphatic rings. The minimum absolute atomic E-state index is 0.0457. The van der Waals surface area contributed by atoms with Gasteiger partial charge in [0.2, 0.25) is 5.91 Å². The first-order chi connectivity index (χ1) is 13.3. The molecule has 2 rings (SSSR count). The van der Waals surface area contributed by atoms with Crippen molar-refractivity contribution in [2.75, 3.05) is 12.4 Å². The first-order valence-corrected chi connectivity index (χ1v) is 10.3. The van der Waals surface area contributed by atoms with Crippen LogP contribution in [0.25, 0.3) is 5.57 Å². The van der Waals surface area contributed by atoms with Gasteiger partial charge < -0.3 is 10.1 Å². The molecule has 0 saturated heterocycles. The van der Waals surface area contributed by atoms with Gasteiger partial charge in [-0.05, 0) is 55.5 Å². The quantitative estimate of drug-likeness (QED) is 0.538. The second kappa shape index (κ2) is 11.7. The van der Waals surface area contributed by atoms with E-state index in [1.54, 1.807) is 11.3 Å². The van der Waals surface area contributed by atoms with Crippen molar-refractivity contribution in [1.82, 2.24) is 0 Å². The molecular weight excluding hydrogens is 394 g/mol. The van der Waals surface area contributed by atoms with E-state index in [-0.39, 0.29) is 11.8 Å². The highest BCUT2D eigenvalue weighted by Gasteiger charge is 2.21. The Hall–Kier alpha value is -2.11. The topological polar surface area (TPSA) is 55.4 Å². The number of benzene rings is 1. The zero-order valence-corrected chi connectivity index (χ0v) is 18.7. The highest BCUT2D eigenvalue weighted by Crippen LogP contribution is 2.39. The molecule has 0 aliphatic heterocycles. The predicted molar refractivity (Wildman–Crippen MR) is 119 cm³/mol. The maximum absolute atomic E-state index is 12.5. The van der Waals surface area contributed by atoms with E-state index in [4.69, 9.17) is 16.4 Å². The molecule has 1 heterocycles. The summed E-state index contributed by atoms with van der Waals surface area (Å²) in [6.45, 7) is 12.9. The van der Waals surface area contributed by atoms with E-state index in [0.717, 1.165) is 34.5 Å². The number of nitrogens with one attached hydrogen (secondary N) is 1. The maximum atomic E-state index is 12.5. The average Bonchev–Trinajstić information content (AvgIpc) is 2.96. The standard InChI is InChI=1S/C20H24ClNOS.C2H4O2/c1-6-15(7-2)19(23)22-20-18(12(3)14(5)24-20)13(4)16-8-10-17(21)11-9-16;1-4-2-3/h8-11,15H,4,6-7H2,1-3,5H3,(H,22,23);2H,1H3. The normalized spacial score (nSPS) is 10.1. The van der Waals surface area contributed by atoms with Crippen LogP contribution in [0.3, 0.4) is 0 Å². The summed E-state index contributed by atoms with van der Waals surface area (Å²) in [5.41, 5.74) is 4.12. The Balaban J connectivity index is 0.000000892. The van der Waals surface area contributed by atoms with Crippen molar-refractivity contribution in [1.29, 1.82) is 0 Å². The van der Waals surface area contributed by atoms with E-state index < -0.39 is 0 Å². The Kier molecular flexibility index (Phi) is 9.97. The minimum Gasteiger partial charge on any atom is -0.471 e. The number of rotatable bonds is 7. The molecule has 0 spiro atoms. The van der Waals surface area contributed by atoms with Crippen LogP contribution in [0, 0.1) is 19.8 Å². The minimum atomic E-state index is 0.0457. The largest absolute Gasteiger partial charge is 0.471 e. The Morgan fingerprint density at radius 1 is 1.25 bits per heavy atom. The SMILES string of the molecule is C=C(c1ccc(Cl)cc1)c1c(NC(=O)C(CC)CC)sc(C)c1C.COC=O. The van der Waals surface area contributed by atoms with Gasteiger partial charge in [0.05, 0.1) is 7.11 Å². The van der Waals surface area contributed by atoms with Crippen molar-refractivity contribution in [3.63, 3.8) is 0 Å². The number of ether oxygens (including phenoxy) is 1. The smallest absolute Gasteiger partial charge is 0.292 e. The number of amides is 1. The van der Waals surface area contributed by atoms with E-state index >= 15 is 0 Å². The molecule has 28 heavy (non-hydrogen) atoms. The predicted octanol–water partition coefficient (Wildman–Crippen LogP) is 6.24. The van der Waals surface area contributed by atoms with E-state index in [2.05, 4.69) is 30.5 Å². The monoisotopic (exact) mass is 421 g/mol. The van der Waals surface area contributed by atoms with Gasteiger partial charge in [-0.25, -0.2) is 0 Å². The molecule has 1 amide bonds. The average molecular weight is 422 g/mol. The number of methoxy groups -OCH3 is 1. The molecule has 152 valence electrons. The van der Waals surface area contributed by atoms with Crippen LogP contribution < -0.4 is 5.32 Å². The second-order valence-corrected chi connectivity index (χ2v) is 7.97. The maximum Gasteiger partial charge on any atom is 0.292 e. The van der Waals surface area contributed by atoms with Crippen LogP contribution in [0.5, 0.6) is 0 Å². The molecule has 0 radical (unpaired) electrons. The van der Waals surface area contributed by atoms with Crippen LogP contribution in [0.15, 0.2) is 30.8 Å². The van der Waals surface area contributed by atoms with Gasteiger partial charge in [0.15, 0.2) is 0 Å². The van der Waals surface area contributed by atoms with E-state index in [1.807, 2.05) is 38.1 Å². The summed E-state index contributed by atoms with van der Waals surface area (Å²) >= 11 is 7.60. The summed E-state index contributed by atoms with van der Waals surface area (Å²) in [6, 6.07) is 7.64. The zero-order valence-electron chi connectivity index (χ0n) is 17.1. The molecule has 0 aliphatic carbocycles. The lowest BCUT2D eigenvalue weighted by molar-refractivity contribution is -0.126. The van der Waals surface area contributed by atoms with Gasteiger partial charge in [0, 0.05) is 21.4 Å². The van der Waals surface area contributed by atoms with Crippen molar-refractivity contribution in [2.24, 2.45) is 5.92 Å². The summed E-state index contributed by atoms with van der Waals surface area (Å²) in [4.78, 5) is 22.6. The molecule has 0 unspecified atom stereocenters. The molecule has 1 aromatic carbocycles. The van der Waals surface area contributed by atoms with Gasteiger partial charge in [0.25, 0.3) is 6.47 Å². The van der Waals surface area contributed by atoms with E-state index in [0.29, 0.717) is 11.5 Å². The van der Waals surface area contributed by atoms with Gasteiger partial charge in [0.1, 0.15) is 5.00 Å². The number of thiophene rings is 1. The van der Waals surface area contributed by atoms with Crippen molar-refractivity contribution < 1.29 is 14.3 Å². The van der Waals surface area contributed by atoms with Crippen LogP contribution in [0.1, 0.15) is 48.3 Å². The van der Waals surface area contributed by atoms with Gasteiger partial charge in [-0.15, -0.1) is 11.3 Å². The van der Waals surface area contributed by atoms with Crippen LogP contribution >= 0.6 is 22.9 Å². The molecule has 0 atom stereocenters. The highest BCUT2D eigenvalue weighted by atomic mass is 35.5. The number of aryl methyl sites for hydroxylation is 1. The van der Waals surface area contributed by atoms with Crippen LogP contribution in [0.2, 0.25) is 5.02 Å². The number of halogens is 1. The number of carbonyl (C=O) groups is 2. The third-order valence-electron chi connectivity index (χ3n) is 4.57. The molecule has 0 saturated carbocycles. The summed E-state index contributed by atoms with van der Waals surface area (Å²) < 4.78 is 3.86. The first kappa shape index (κ1) is 23.9. The third-order valence-corrected chi connectivity index (χ3v) is 5.94. The summed E-state index contributed by atoms with van der Waals surface area (Å²) in [5.74, 6) is 0.135. The van der Waals surface area contributed by atoms with E-state index in [9.17, 15) is 4.79 Å². The van der Waals surface area contributed by atoms with Crippen molar-refractivity contribution in [3.8, 4) is 0 Å². The second-order valence-electron chi connectivity index (χ2n) is 6.31. The lowest BCUT2D eigenvalue weighted by Gasteiger charge is -2.14. The first-order valence-electron chi connectivity index (χ1n) is 9.13. The fourth-order valence-corrected chi connectivity index (χ4v) is 3.96. The lowest BCUT2D eigenvalue weighted by Crippen LogP contribution is -2.21. The number of carbonyl (C=O) groups excluding carboxylic acids is 2. The molecule has 1 aromatic heterocycles. The summed E-state index contributed by atoms with van der Waals surface area (Å²) in [6.07, 6.45) is 1.69. The molecule has 4 nitrogen and oxygen atoms in total. The van der Waals surface area contributed by atoms with Gasteiger partial charge in [-0.2, -0.15) is 0 Å². The number of hydrogen-bond donors (Lipinski definition) is 1. The van der Waals surface area contributed by atoms with Crippen molar-refractivity contribution in [2.45, 2.75) is 40.5 Å². The molecule has 2 aromatic rings. The van der Waals surface area contributed by atoms with Crippen LogP contribution in [-0.4, -0.2) is 19.5 Å². The summed E-state index contributed by atoms with van der Waals surface area (Å²) in [5, 5.41) is 4.72. The fourth-order valence-electron chi connectivity index (χ4n) is 2.75. The van der Waals surface area contributed by atoms with E-state index in [1.165, 1.54) is 17.6 Å². The molecule has 0 bridgehead atoms. The molecule has 0 fully saturated rings. The van der Waals surface area contributed by atoms with Crippen molar-refractivity contribution in [3.05, 3.63) is 57.4 Å². The van der Waals surface area contributed by atoms with Gasteiger partial charge in [-0.3, -0.25) is 9.59 Å². The number of anilines is 1. The highest BCUT2D eigenvalue weighted by molar-refractivity contribution is 7.16. The fraction of sp³-hybridized carbons (Fsp3) is 0.364. The Morgan fingerprint density at radius 2 is 1.79 bits per heavy atom. The Labute approximate surface area is 176 Å². The molecule has 1 N–H and O–H groups in total. The van der Waals surface area contributed by atoms with Crippen molar-refractivity contribution >= 4 is 45.9 Å². The van der Waals surface area contributed by atoms with Crippen LogP contribution in [0.4, 0.5) is 5.00 Å².